The number of methoxy groups -OCH3 is 1. The number of benzene rings is 1. The van der Waals surface area contributed by atoms with Crippen LogP contribution in [0.25, 0.3) is 21.6 Å². The Morgan fingerprint density at radius 1 is 1.03 bits per heavy atom. The number of anilines is 1. The van der Waals surface area contributed by atoms with Crippen LogP contribution in [0.15, 0.2) is 46.3 Å². The molecule has 154 valence electrons. The lowest BCUT2D eigenvalue weighted by Gasteiger charge is -2.35. The second-order valence-corrected chi connectivity index (χ2v) is 8.11. The fraction of sp³-hybridized carbons (Fsp3) is 0.333. The molecule has 0 N–H and O–H groups in total. The van der Waals surface area contributed by atoms with Gasteiger partial charge in [-0.15, -0.1) is 11.3 Å². The third-order valence-corrected chi connectivity index (χ3v) is 6.00. The summed E-state index contributed by atoms with van der Waals surface area (Å²) >= 11 is 1.66. The molecule has 9 heteroatoms. The molecular weight excluding hydrogens is 400 g/mol. The van der Waals surface area contributed by atoms with E-state index in [1.165, 1.54) is 0 Å². The van der Waals surface area contributed by atoms with Crippen LogP contribution in [0.2, 0.25) is 0 Å². The lowest BCUT2D eigenvalue weighted by atomic mass is 10.2. The molecule has 0 spiro atoms. The van der Waals surface area contributed by atoms with Crippen molar-refractivity contribution in [3.05, 3.63) is 53.5 Å². The second kappa shape index (κ2) is 8.47. The first kappa shape index (κ1) is 19.1. The van der Waals surface area contributed by atoms with Crippen LogP contribution in [0.1, 0.15) is 11.7 Å². The van der Waals surface area contributed by atoms with Gasteiger partial charge in [-0.2, -0.15) is 4.98 Å². The molecule has 0 unspecified atom stereocenters. The maximum absolute atomic E-state index is 5.33. The zero-order valence-corrected chi connectivity index (χ0v) is 17.5. The van der Waals surface area contributed by atoms with Gasteiger partial charge in [0.25, 0.3) is 0 Å². The molecule has 1 saturated heterocycles. The number of piperazine rings is 1. The van der Waals surface area contributed by atoms with Crippen molar-refractivity contribution in [3.8, 4) is 10.7 Å². The SMILES string of the molecule is COCc1noc(CN2CCN(c3nc(-c4cccs4)nc4ccccc34)CC2)n1. The average molecular weight is 423 g/mol. The van der Waals surface area contributed by atoms with Crippen LogP contribution in [0.3, 0.4) is 0 Å². The van der Waals surface area contributed by atoms with E-state index in [2.05, 4.69) is 43.5 Å². The Kier molecular flexibility index (Phi) is 5.39. The highest BCUT2D eigenvalue weighted by Crippen LogP contribution is 2.30. The smallest absolute Gasteiger partial charge is 0.240 e. The van der Waals surface area contributed by atoms with E-state index in [1.807, 2.05) is 18.2 Å². The minimum absolute atomic E-state index is 0.366. The Morgan fingerprint density at radius 2 is 1.90 bits per heavy atom. The van der Waals surface area contributed by atoms with Crippen molar-refractivity contribution in [3.63, 3.8) is 0 Å². The van der Waals surface area contributed by atoms with Crippen molar-refractivity contribution in [2.75, 3.05) is 38.2 Å². The van der Waals surface area contributed by atoms with Crippen LogP contribution in [0.5, 0.6) is 0 Å². The first-order valence-corrected chi connectivity index (χ1v) is 10.8. The van der Waals surface area contributed by atoms with E-state index < -0.39 is 0 Å². The molecule has 30 heavy (non-hydrogen) atoms. The van der Waals surface area contributed by atoms with E-state index in [0.29, 0.717) is 24.9 Å². The molecule has 3 aromatic heterocycles. The topological polar surface area (TPSA) is 80.4 Å². The molecule has 8 nitrogen and oxygen atoms in total. The summed E-state index contributed by atoms with van der Waals surface area (Å²) in [5, 5.41) is 7.09. The van der Waals surface area contributed by atoms with Gasteiger partial charge >= 0.3 is 0 Å². The molecule has 1 aliphatic heterocycles. The van der Waals surface area contributed by atoms with Gasteiger partial charge in [0, 0.05) is 38.7 Å². The standard InChI is InChI=1S/C21H22N6O2S/c1-28-14-18-23-19(29-25-18)13-26-8-10-27(11-9-26)21-15-5-2-3-6-16(15)22-20(24-21)17-7-4-12-30-17/h2-7,12H,8-11,13-14H2,1H3. The number of thiophene rings is 1. The molecule has 5 rings (SSSR count). The van der Waals surface area contributed by atoms with Gasteiger partial charge in [0.2, 0.25) is 5.89 Å². The number of fused-ring (bicyclic) bond motifs is 1. The minimum Gasteiger partial charge on any atom is -0.377 e. The van der Waals surface area contributed by atoms with E-state index in [1.54, 1.807) is 18.4 Å². The molecule has 0 bridgehead atoms. The van der Waals surface area contributed by atoms with E-state index >= 15 is 0 Å². The van der Waals surface area contributed by atoms with Gasteiger partial charge in [0.1, 0.15) is 12.4 Å². The van der Waals surface area contributed by atoms with Gasteiger partial charge < -0.3 is 14.2 Å². The number of para-hydroxylation sites is 1. The third-order valence-electron chi connectivity index (χ3n) is 5.14. The van der Waals surface area contributed by atoms with Crippen LogP contribution < -0.4 is 4.90 Å². The lowest BCUT2D eigenvalue weighted by molar-refractivity contribution is 0.174. The Morgan fingerprint density at radius 3 is 2.70 bits per heavy atom. The second-order valence-electron chi connectivity index (χ2n) is 7.17. The molecule has 0 radical (unpaired) electrons. The molecular formula is C21H22N6O2S. The third kappa shape index (κ3) is 3.91. The normalized spacial score (nSPS) is 15.2. The summed E-state index contributed by atoms with van der Waals surface area (Å²) in [5.41, 5.74) is 0.977. The summed E-state index contributed by atoms with van der Waals surface area (Å²) in [6.45, 7) is 4.57. The van der Waals surface area contributed by atoms with E-state index in [0.717, 1.165) is 53.6 Å². The summed E-state index contributed by atoms with van der Waals surface area (Å²) in [4.78, 5) is 19.9. The fourth-order valence-electron chi connectivity index (χ4n) is 3.67. The van der Waals surface area contributed by atoms with Crippen molar-refractivity contribution < 1.29 is 9.26 Å². The maximum atomic E-state index is 5.33. The van der Waals surface area contributed by atoms with Crippen molar-refractivity contribution in [2.24, 2.45) is 0 Å². The number of hydrogen-bond acceptors (Lipinski definition) is 9. The van der Waals surface area contributed by atoms with E-state index in [-0.39, 0.29) is 0 Å². The monoisotopic (exact) mass is 422 g/mol. The first-order valence-electron chi connectivity index (χ1n) is 9.88. The first-order chi connectivity index (χ1) is 14.8. The number of hydrogen-bond donors (Lipinski definition) is 0. The van der Waals surface area contributed by atoms with Gasteiger partial charge in [-0.25, -0.2) is 9.97 Å². The lowest BCUT2D eigenvalue weighted by Crippen LogP contribution is -2.46. The Bertz CT molecular complexity index is 1120. The highest BCUT2D eigenvalue weighted by atomic mass is 32.1. The number of rotatable bonds is 6. The Labute approximate surface area is 178 Å². The number of ether oxygens (including phenoxy) is 1. The minimum atomic E-state index is 0.366. The average Bonchev–Trinajstić information content (AvgIpc) is 3.46. The predicted molar refractivity (Wildman–Crippen MR) is 115 cm³/mol. The highest BCUT2D eigenvalue weighted by molar-refractivity contribution is 7.13. The van der Waals surface area contributed by atoms with Crippen molar-refractivity contribution in [1.82, 2.24) is 25.0 Å². The molecule has 0 saturated carbocycles. The summed E-state index contributed by atoms with van der Waals surface area (Å²) in [6.07, 6.45) is 0. The summed E-state index contributed by atoms with van der Waals surface area (Å²) in [6, 6.07) is 12.3. The quantitative estimate of drug-likeness (QED) is 0.469. The summed E-state index contributed by atoms with van der Waals surface area (Å²) in [7, 11) is 1.62. The Balaban J connectivity index is 1.34. The predicted octanol–water partition coefficient (Wildman–Crippen LogP) is 3.21. The molecule has 0 aliphatic carbocycles. The van der Waals surface area contributed by atoms with Crippen LogP contribution >= 0.6 is 11.3 Å². The van der Waals surface area contributed by atoms with Gasteiger partial charge in [0.15, 0.2) is 11.6 Å². The molecule has 1 fully saturated rings. The van der Waals surface area contributed by atoms with Crippen molar-refractivity contribution in [1.29, 1.82) is 0 Å². The molecule has 4 heterocycles. The van der Waals surface area contributed by atoms with Gasteiger partial charge in [-0.05, 0) is 23.6 Å². The van der Waals surface area contributed by atoms with E-state index in [4.69, 9.17) is 19.2 Å². The van der Waals surface area contributed by atoms with Gasteiger partial charge in [0.05, 0.1) is 16.9 Å². The van der Waals surface area contributed by atoms with E-state index in [9.17, 15) is 0 Å². The van der Waals surface area contributed by atoms with Crippen molar-refractivity contribution in [2.45, 2.75) is 13.2 Å². The summed E-state index contributed by atoms with van der Waals surface area (Å²) < 4.78 is 10.4. The maximum Gasteiger partial charge on any atom is 0.240 e. The molecule has 0 atom stereocenters. The van der Waals surface area contributed by atoms with Gasteiger partial charge in [-0.1, -0.05) is 23.4 Å². The number of nitrogens with zero attached hydrogens (tertiary/aromatic N) is 6. The number of aromatic nitrogens is 4. The zero-order chi connectivity index (χ0) is 20.3. The molecule has 1 aromatic carbocycles. The fourth-order valence-corrected chi connectivity index (χ4v) is 4.33. The Hall–Kier alpha value is -2.88. The molecule has 4 aromatic rings. The zero-order valence-electron chi connectivity index (χ0n) is 16.7. The van der Waals surface area contributed by atoms with Crippen molar-refractivity contribution >= 4 is 28.1 Å². The summed E-state index contributed by atoms with van der Waals surface area (Å²) in [5.74, 6) is 3.00. The highest BCUT2D eigenvalue weighted by Gasteiger charge is 2.22. The van der Waals surface area contributed by atoms with Crippen LogP contribution in [-0.4, -0.2) is 58.3 Å². The van der Waals surface area contributed by atoms with Crippen LogP contribution in [0, 0.1) is 0 Å². The van der Waals surface area contributed by atoms with Crippen LogP contribution in [-0.2, 0) is 17.9 Å². The molecule has 1 aliphatic rings. The largest absolute Gasteiger partial charge is 0.377 e. The molecule has 0 amide bonds. The van der Waals surface area contributed by atoms with Crippen LogP contribution in [0.4, 0.5) is 5.82 Å². The van der Waals surface area contributed by atoms with Gasteiger partial charge in [-0.3, -0.25) is 4.90 Å².